The summed E-state index contributed by atoms with van der Waals surface area (Å²) in [6.45, 7) is 5.97. The van der Waals surface area contributed by atoms with Gasteiger partial charge in [-0.2, -0.15) is 0 Å². The Bertz CT molecular complexity index is 1210. The fourth-order valence-corrected chi connectivity index (χ4v) is 4.11. The highest BCUT2D eigenvalue weighted by molar-refractivity contribution is 7.17. The van der Waals surface area contributed by atoms with Crippen LogP contribution in [0, 0.1) is 20.8 Å². The molecule has 1 N–H and O–H groups in total. The zero-order chi connectivity index (χ0) is 21.1. The molecule has 0 aliphatic heterocycles. The van der Waals surface area contributed by atoms with E-state index in [2.05, 4.69) is 52.3 Å². The number of anilines is 1. The predicted molar refractivity (Wildman–Crippen MR) is 118 cm³/mol. The Kier molecular flexibility index (Phi) is 5.54. The van der Waals surface area contributed by atoms with Crippen molar-refractivity contribution in [2.75, 3.05) is 5.32 Å². The van der Waals surface area contributed by atoms with Crippen LogP contribution in [0.25, 0.3) is 10.6 Å². The van der Waals surface area contributed by atoms with Crippen molar-refractivity contribution in [2.24, 2.45) is 0 Å². The quantitative estimate of drug-likeness (QED) is 0.460. The number of hydrogen-bond acceptors (Lipinski definition) is 6. The lowest BCUT2D eigenvalue weighted by molar-refractivity contribution is 0.103. The molecule has 0 atom stereocenters. The van der Waals surface area contributed by atoms with Crippen LogP contribution in [0.2, 0.25) is 0 Å². The van der Waals surface area contributed by atoms with Gasteiger partial charge in [-0.25, -0.2) is 9.97 Å². The summed E-state index contributed by atoms with van der Waals surface area (Å²) in [5.74, 6) is 0.750. The minimum absolute atomic E-state index is 0.197. The Morgan fingerprint density at radius 3 is 2.70 bits per heavy atom. The van der Waals surface area contributed by atoms with Crippen molar-refractivity contribution < 1.29 is 9.53 Å². The van der Waals surface area contributed by atoms with Crippen LogP contribution in [0.5, 0.6) is 11.6 Å². The predicted octanol–water partition coefficient (Wildman–Crippen LogP) is 5.57. The Labute approximate surface area is 178 Å². The van der Waals surface area contributed by atoms with Crippen molar-refractivity contribution >= 4 is 22.9 Å². The summed E-state index contributed by atoms with van der Waals surface area (Å²) in [6.07, 6.45) is 4.66. The maximum atomic E-state index is 12.9. The molecule has 4 rings (SSSR count). The summed E-state index contributed by atoms with van der Waals surface area (Å²) in [6, 6.07) is 13.4. The second-order valence-corrected chi connectivity index (χ2v) is 7.88. The van der Waals surface area contributed by atoms with Gasteiger partial charge < -0.3 is 10.1 Å². The van der Waals surface area contributed by atoms with E-state index in [1.807, 2.05) is 19.1 Å². The third kappa shape index (κ3) is 4.36. The molecule has 0 spiro atoms. The summed E-state index contributed by atoms with van der Waals surface area (Å²) < 4.78 is 5.68. The van der Waals surface area contributed by atoms with Gasteiger partial charge in [0, 0.05) is 29.7 Å². The van der Waals surface area contributed by atoms with Gasteiger partial charge in [0.15, 0.2) is 0 Å². The second kappa shape index (κ2) is 8.42. The van der Waals surface area contributed by atoms with Crippen LogP contribution in [0.15, 0.2) is 61.1 Å². The van der Waals surface area contributed by atoms with Crippen LogP contribution < -0.4 is 10.1 Å². The average Bonchev–Trinajstić information content (AvgIpc) is 3.10. The van der Waals surface area contributed by atoms with E-state index in [9.17, 15) is 4.79 Å². The first kappa shape index (κ1) is 19.7. The molecular weight excluding hydrogens is 396 g/mol. The zero-order valence-electron chi connectivity index (χ0n) is 16.8. The SMILES string of the molecule is Cc1ccc(-c2nc(C)c(C(=O)Nc3cccc(Oc4cnccn4)c3)s2)c(C)c1. The number of carbonyl (C=O) groups is 1. The van der Waals surface area contributed by atoms with E-state index in [1.165, 1.54) is 23.1 Å². The van der Waals surface area contributed by atoms with E-state index >= 15 is 0 Å². The molecule has 7 heteroatoms. The molecule has 6 nitrogen and oxygen atoms in total. The lowest BCUT2D eigenvalue weighted by Gasteiger charge is -2.07. The molecule has 30 heavy (non-hydrogen) atoms. The van der Waals surface area contributed by atoms with Gasteiger partial charge in [-0.15, -0.1) is 11.3 Å². The molecule has 0 radical (unpaired) electrons. The number of thiazole rings is 1. The number of hydrogen-bond donors (Lipinski definition) is 1. The number of nitrogens with one attached hydrogen (secondary N) is 1. The van der Waals surface area contributed by atoms with Gasteiger partial charge in [0.1, 0.15) is 15.6 Å². The number of carbonyl (C=O) groups excluding carboxylic acids is 1. The van der Waals surface area contributed by atoms with Crippen molar-refractivity contribution in [3.8, 4) is 22.2 Å². The van der Waals surface area contributed by atoms with Gasteiger partial charge in [-0.3, -0.25) is 9.78 Å². The molecule has 4 aromatic rings. The van der Waals surface area contributed by atoms with Gasteiger partial charge in [0.05, 0.1) is 11.9 Å². The number of amides is 1. The van der Waals surface area contributed by atoms with Crippen LogP contribution in [-0.2, 0) is 0 Å². The van der Waals surface area contributed by atoms with Crippen molar-refractivity contribution in [3.63, 3.8) is 0 Å². The van der Waals surface area contributed by atoms with E-state index < -0.39 is 0 Å². The van der Waals surface area contributed by atoms with Crippen LogP contribution >= 0.6 is 11.3 Å². The fraction of sp³-hybridized carbons (Fsp3) is 0.130. The first-order valence-electron chi connectivity index (χ1n) is 9.40. The van der Waals surface area contributed by atoms with Crippen molar-refractivity contribution in [1.82, 2.24) is 15.0 Å². The first-order valence-corrected chi connectivity index (χ1v) is 10.2. The highest BCUT2D eigenvalue weighted by Gasteiger charge is 2.17. The number of nitrogens with zero attached hydrogens (tertiary/aromatic N) is 3. The molecule has 0 bridgehead atoms. The lowest BCUT2D eigenvalue weighted by Crippen LogP contribution is -2.11. The maximum absolute atomic E-state index is 12.9. The highest BCUT2D eigenvalue weighted by atomic mass is 32.1. The monoisotopic (exact) mass is 416 g/mol. The molecule has 0 saturated carbocycles. The molecule has 0 aliphatic carbocycles. The average molecular weight is 417 g/mol. The zero-order valence-corrected chi connectivity index (χ0v) is 17.7. The molecule has 0 saturated heterocycles. The van der Waals surface area contributed by atoms with E-state index in [4.69, 9.17) is 4.74 Å². The minimum Gasteiger partial charge on any atom is -0.437 e. The molecule has 150 valence electrons. The highest BCUT2D eigenvalue weighted by Crippen LogP contribution is 2.31. The van der Waals surface area contributed by atoms with Crippen molar-refractivity contribution in [2.45, 2.75) is 20.8 Å². The Balaban J connectivity index is 1.53. The van der Waals surface area contributed by atoms with Gasteiger partial charge in [0.25, 0.3) is 5.91 Å². The van der Waals surface area contributed by atoms with E-state index in [0.717, 1.165) is 16.1 Å². The summed E-state index contributed by atoms with van der Waals surface area (Å²) in [7, 11) is 0. The van der Waals surface area contributed by atoms with Crippen LogP contribution in [0.1, 0.15) is 26.5 Å². The lowest BCUT2D eigenvalue weighted by atomic mass is 10.1. The molecule has 1 amide bonds. The molecule has 2 aromatic heterocycles. The van der Waals surface area contributed by atoms with E-state index in [1.54, 1.807) is 24.5 Å². The number of benzene rings is 2. The number of rotatable bonds is 5. The standard InChI is InChI=1S/C23H20N4O2S/c1-14-7-8-19(15(2)11-14)23-26-16(3)21(30-23)22(28)27-17-5-4-6-18(12-17)29-20-13-24-9-10-25-20/h4-13H,1-3H3,(H,27,28). The number of aromatic nitrogens is 3. The maximum Gasteiger partial charge on any atom is 0.267 e. The van der Waals surface area contributed by atoms with Gasteiger partial charge in [0.2, 0.25) is 5.88 Å². The normalized spacial score (nSPS) is 10.6. The van der Waals surface area contributed by atoms with Crippen molar-refractivity contribution in [1.29, 1.82) is 0 Å². The topological polar surface area (TPSA) is 77.0 Å². The summed E-state index contributed by atoms with van der Waals surface area (Å²) in [5, 5.41) is 3.77. The first-order chi connectivity index (χ1) is 14.5. The molecule has 0 aliphatic rings. The van der Waals surface area contributed by atoms with Crippen LogP contribution in [0.4, 0.5) is 5.69 Å². The van der Waals surface area contributed by atoms with E-state index in [0.29, 0.717) is 27.9 Å². The molecule has 2 aromatic carbocycles. The van der Waals surface area contributed by atoms with Crippen molar-refractivity contribution in [3.05, 3.63) is 82.8 Å². The van der Waals surface area contributed by atoms with Gasteiger partial charge in [-0.1, -0.05) is 29.8 Å². The molecule has 0 unspecified atom stereocenters. The Morgan fingerprint density at radius 1 is 1.07 bits per heavy atom. The molecule has 0 fully saturated rings. The van der Waals surface area contributed by atoms with Gasteiger partial charge in [-0.05, 0) is 38.5 Å². The second-order valence-electron chi connectivity index (χ2n) is 6.88. The largest absolute Gasteiger partial charge is 0.437 e. The van der Waals surface area contributed by atoms with Crippen LogP contribution in [0.3, 0.4) is 0 Å². The fourth-order valence-electron chi connectivity index (χ4n) is 3.06. The number of aryl methyl sites for hydroxylation is 3. The third-order valence-electron chi connectivity index (χ3n) is 4.47. The Morgan fingerprint density at radius 2 is 1.93 bits per heavy atom. The smallest absolute Gasteiger partial charge is 0.267 e. The number of ether oxygens (including phenoxy) is 1. The summed E-state index contributed by atoms with van der Waals surface area (Å²) in [5.41, 5.74) is 4.73. The van der Waals surface area contributed by atoms with Crippen LogP contribution in [-0.4, -0.2) is 20.9 Å². The minimum atomic E-state index is -0.197. The summed E-state index contributed by atoms with van der Waals surface area (Å²) >= 11 is 1.39. The summed E-state index contributed by atoms with van der Waals surface area (Å²) in [4.78, 5) is 26.2. The molecule has 2 heterocycles. The Hall–Kier alpha value is -3.58. The molecular formula is C23H20N4O2S. The van der Waals surface area contributed by atoms with E-state index in [-0.39, 0.29) is 5.91 Å². The van der Waals surface area contributed by atoms with Gasteiger partial charge >= 0.3 is 0 Å². The third-order valence-corrected chi connectivity index (χ3v) is 5.66.